The number of aromatic nitrogens is 4. The first-order chi connectivity index (χ1) is 12.0. The fraction of sp³-hybridized carbons (Fsp3) is 0.214. The van der Waals surface area contributed by atoms with Gasteiger partial charge >= 0.3 is 6.18 Å². The minimum atomic E-state index is -4.74. The quantitative estimate of drug-likeness (QED) is 0.712. The fourth-order valence-corrected chi connectivity index (χ4v) is 3.39. The van der Waals surface area contributed by atoms with Crippen LogP contribution < -0.4 is 10.3 Å². The van der Waals surface area contributed by atoms with Gasteiger partial charge in [-0.3, -0.25) is 14.2 Å². The van der Waals surface area contributed by atoms with Crippen LogP contribution in [0.3, 0.4) is 0 Å². The van der Waals surface area contributed by atoms with Crippen LogP contribution in [0.2, 0.25) is 0 Å². The maximum atomic E-state index is 12.8. The fourth-order valence-electron chi connectivity index (χ4n) is 2.36. The Morgan fingerprint density at radius 1 is 1.27 bits per heavy atom. The van der Waals surface area contributed by atoms with Crippen molar-refractivity contribution in [3.8, 4) is 0 Å². The number of hydrogen-bond acceptors (Lipinski definition) is 5. The Morgan fingerprint density at radius 2 is 1.96 bits per heavy atom. The van der Waals surface area contributed by atoms with E-state index in [1.807, 2.05) is 9.71 Å². The predicted molar refractivity (Wildman–Crippen MR) is 86.1 cm³/mol. The maximum absolute atomic E-state index is 12.8. The highest BCUT2D eigenvalue weighted by atomic mass is 32.2. The van der Waals surface area contributed by atoms with Crippen LogP contribution in [-0.4, -0.2) is 28.2 Å². The molecule has 3 aromatic rings. The van der Waals surface area contributed by atoms with Crippen LogP contribution in [0.15, 0.2) is 34.2 Å². The lowest BCUT2D eigenvalue weighted by Gasteiger charge is -2.10. The van der Waals surface area contributed by atoms with Gasteiger partial charge in [0.05, 0.1) is 11.3 Å². The number of aryl methyl sites for hydroxylation is 2. The van der Waals surface area contributed by atoms with Crippen molar-refractivity contribution in [3.63, 3.8) is 0 Å². The maximum Gasteiger partial charge on any atom is 0.417 e. The first-order valence-corrected chi connectivity index (χ1v) is 8.59. The molecular formula is C14H12F3N5O3S. The molecule has 3 heterocycles. The number of halogens is 3. The lowest BCUT2D eigenvalue weighted by Crippen LogP contribution is -2.22. The summed E-state index contributed by atoms with van der Waals surface area (Å²) in [4.78, 5) is 17.3. The highest BCUT2D eigenvalue weighted by Gasteiger charge is 2.32. The molecule has 0 saturated carbocycles. The number of H-pyrrole nitrogens is 1. The van der Waals surface area contributed by atoms with Crippen molar-refractivity contribution in [2.24, 2.45) is 7.05 Å². The molecule has 0 spiro atoms. The highest BCUT2D eigenvalue weighted by Crippen LogP contribution is 2.29. The summed E-state index contributed by atoms with van der Waals surface area (Å²) in [5, 5.41) is 4.58. The van der Waals surface area contributed by atoms with Gasteiger partial charge in [0.1, 0.15) is 10.6 Å². The lowest BCUT2D eigenvalue weighted by atomic mass is 10.2. The standard InChI is InChI=1S/C14H12F3N5O3S/c1-7-10-4-9(6-18-12(10)22(2)20-7)26(24,25)21-11-3-8(14(15,16)17)5-19-13(11)23/h3-6,21H,1-2H3,(H,19,23). The van der Waals surface area contributed by atoms with Crippen molar-refractivity contribution in [1.82, 2.24) is 19.7 Å². The third kappa shape index (κ3) is 3.14. The number of hydrogen-bond donors (Lipinski definition) is 2. The normalized spacial score (nSPS) is 12.5. The van der Waals surface area contributed by atoms with Crippen molar-refractivity contribution in [1.29, 1.82) is 0 Å². The molecule has 2 N–H and O–H groups in total. The van der Waals surface area contributed by atoms with Gasteiger partial charge in [-0.25, -0.2) is 13.4 Å². The summed E-state index contributed by atoms with van der Waals surface area (Å²) in [7, 11) is -2.70. The topological polar surface area (TPSA) is 110 Å². The Hall–Kier alpha value is -2.89. The van der Waals surface area contributed by atoms with Crippen LogP contribution in [0, 0.1) is 6.92 Å². The van der Waals surface area contributed by atoms with E-state index in [1.54, 1.807) is 14.0 Å². The molecule has 0 saturated heterocycles. The summed E-state index contributed by atoms with van der Waals surface area (Å²) >= 11 is 0. The average Bonchev–Trinajstić information content (AvgIpc) is 2.82. The number of nitrogens with zero attached hydrogens (tertiary/aromatic N) is 3. The van der Waals surface area contributed by atoms with Crippen LogP contribution in [0.25, 0.3) is 11.0 Å². The first kappa shape index (κ1) is 17.9. The van der Waals surface area contributed by atoms with E-state index in [4.69, 9.17) is 0 Å². The molecule has 0 unspecified atom stereocenters. The highest BCUT2D eigenvalue weighted by molar-refractivity contribution is 7.92. The van der Waals surface area contributed by atoms with E-state index >= 15 is 0 Å². The molecule has 0 bridgehead atoms. The molecule has 3 rings (SSSR count). The van der Waals surface area contributed by atoms with Crippen LogP contribution in [0.4, 0.5) is 18.9 Å². The van der Waals surface area contributed by atoms with E-state index in [9.17, 15) is 26.4 Å². The monoisotopic (exact) mass is 387 g/mol. The molecule has 26 heavy (non-hydrogen) atoms. The van der Waals surface area contributed by atoms with Crippen molar-refractivity contribution in [2.45, 2.75) is 18.0 Å². The number of pyridine rings is 2. The Labute approximate surface area is 144 Å². The average molecular weight is 387 g/mol. The first-order valence-electron chi connectivity index (χ1n) is 7.11. The Balaban J connectivity index is 2.05. The molecule has 0 aliphatic rings. The van der Waals surface area contributed by atoms with Gasteiger partial charge in [0.15, 0.2) is 5.65 Å². The molecule has 0 fully saturated rings. The third-order valence-corrected chi connectivity index (χ3v) is 4.96. The molecule has 0 radical (unpaired) electrons. The SMILES string of the molecule is Cc1nn(C)c2ncc(S(=O)(=O)Nc3cc(C(F)(F)F)c[nH]c3=O)cc12. The second kappa shape index (κ2) is 5.83. The molecule has 0 atom stereocenters. The number of alkyl halides is 3. The Bertz CT molecular complexity index is 1160. The summed E-state index contributed by atoms with van der Waals surface area (Å²) in [5.41, 5.74) is -1.97. The van der Waals surface area contributed by atoms with Gasteiger partial charge in [-0.15, -0.1) is 0 Å². The van der Waals surface area contributed by atoms with Crippen LogP contribution >= 0.6 is 0 Å². The molecule has 0 amide bonds. The molecule has 3 aromatic heterocycles. The summed E-state index contributed by atoms with van der Waals surface area (Å²) < 4.78 is 66.5. The van der Waals surface area contributed by atoms with E-state index in [0.717, 1.165) is 6.20 Å². The van der Waals surface area contributed by atoms with E-state index in [1.165, 1.54) is 10.7 Å². The van der Waals surface area contributed by atoms with Crippen LogP contribution in [-0.2, 0) is 23.2 Å². The predicted octanol–water partition coefficient (Wildman–Crippen LogP) is 1.78. The lowest BCUT2D eigenvalue weighted by molar-refractivity contribution is -0.137. The molecule has 0 aliphatic heterocycles. The summed E-state index contributed by atoms with van der Waals surface area (Å²) in [5.74, 6) is 0. The van der Waals surface area contributed by atoms with Crippen molar-refractivity contribution >= 4 is 26.7 Å². The van der Waals surface area contributed by atoms with Gasteiger partial charge < -0.3 is 4.98 Å². The number of anilines is 1. The number of nitrogens with one attached hydrogen (secondary N) is 2. The minimum Gasteiger partial charge on any atom is -0.327 e. The molecule has 0 aliphatic carbocycles. The Morgan fingerprint density at radius 3 is 2.62 bits per heavy atom. The Kier molecular flexibility index (Phi) is 4.02. The molecule has 8 nitrogen and oxygen atoms in total. The third-order valence-electron chi connectivity index (χ3n) is 3.62. The van der Waals surface area contributed by atoms with E-state index < -0.39 is 33.0 Å². The zero-order valence-electron chi connectivity index (χ0n) is 13.4. The van der Waals surface area contributed by atoms with E-state index in [2.05, 4.69) is 10.1 Å². The number of rotatable bonds is 3. The van der Waals surface area contributed by atoms with Crippen molar-refractivity contribution in [2.75, 3.05) is 4.72 Å². The largest absolute Gasteiger partial charge is 0.417 e. The van der Waals surface area contributed by atoms with Crippen molar-refractivity contribution < 1.29 is 21.6 Å². The zero-order chi connectivity index (χ0) is 19.3. The molecular weight excluding hydrogens is 375 g/mol. The number of aromatic amines is 1. The molecule has 0 aromatic carbocycles. The van der Waals surface area contributed by atoms with Gasteiger partial charge in [0.2, 0.25) is 0 Å². The summed E-state index contributed by atoms with van der Waals surface area (Å²) in [6, 6.07) is 1.71. The van der Waals surface area contributed by atoms with Gasteiger partial charge in [-0.1, -0.05) is 0 Å². The van der Waals surface area contributed by atoms with E-state index in [-0.39, 0.29) is 4.90 Å². The second-order valence-electron chi connectivity index (χ2n) is 5.49. The second-order valence-corrected chi connectivity index (χ2v) is 7.17. The van der Waals surface area contributed by atoms with Gasteiger partial charge in [-0.2, -0.15) is 18.3 Å². The summed E-state index contributed by atoms with van der Waals surface area (Å²) in [6.45, 7) is 1.66. The zero-order valence-corrected chi connectivity index (χ0v) is 14.2. The van der Waals surface area contributed by atoms with E-state index in [0.29, 0.717) is 29.0 Å². The van der Waals surface area contributed by atoms with Gasteiger partial charge in [0.25, 0.3) is 15.6 Å². The van der Waals surface area contributed by atoms with Gasteiger partial charge in [0, 0.05) is 24.8 Å². The summed E-state index contributed by atoms with van der Waals surface area (Å²) in [6.07, 6.45) is -3.24. The minimum absolute atomic E-state index is 0.307. The van der Waals surface area contributed by atoms with Crippen LogP contribution in [0.1, 0.15) is 11.3 Å². The van der Waals surface area contributed by atoms with Gasteiger partial charge in [-0.05, 0) is 19.1 Å². The molecule has 12 heteroatoms. The van der Waals surface area contributed by atoms with Crippen LogP contribution in [0.5, 0.6) is 0 Å². The smallest absolute Gasteiger partial charge is 0.327 e. The van der Waals surface area contributed by atoms with Crippen molar-refractivity contribution in [3.05, 3.63) is 46.1 Å². The number of sulfonamides is 1. The molecule has 138 valence electrons. The number of fused-ring (bicyclic) bond motifs is 1.